The summed E-state index contributed by atoms with van der Waals surface area (Å²) in [5.74, 6) is -0.370. The van der Waals surface area contributed by atoms with E-state index in [4.69, 9.17) is 15.7 Å². The third-order valence-electron chi connectivity index (χ3n) is 1.54. The van der Waals surface area contributed by atoms with Gasteiger partial charge in [-0.15, -0.1) is 0 Å². The lowest BCUT2D eigenvalue weighted by atomic mass is 10.1. The number of esters is 1. The van der Waals surface area contributed by atoms with Gasteiger partial charge in [0.2, 0.25) is 0 Å². The number of hydrogen-bond acceptors (Lipinski definition) is 5. The number of pyridine rings is 1. The van der Waals surface area contributed by atoms with Crippen molar-refractivity contribution in [3.05, 3.63) is 23.4 Å². The SMILES string of the molecule is CCOC(=O)c1cc(N)ncc1C#N. The highest BCUT2D eigenvalue weighted by Crippen LogP contribution is 2.11. The summed E-state index contributed by atoms with van der Waals surface area (Å²) >= 11 is 0. The molecule has 0 aliphatic carbocycles. The Balaban J connectivity index is 3.12. The maximum absolute atomic E-state index is 11.3. The van der Waals surface area contributed by atoms with Crippen LogP contribution in [0.1, 0.15) is 22.8 Å². The van der Waals surface area contributed by atoms with Gasteiger partial charge in [-0.2, -0.15) is 5.26 Å². The number of anilines is 1. The molecule has 0 aromatic carbocycles. The van der Waals surface area contributed by atoms with Crippen LogP contribution in [0.15, 0.2) is 12.3 Å². The molecule has 1 aromatic heterocycles. The maximum Gasteiger partial charge on any atom is 0.339 e. The first-order chi connectivity index (χ1) is 6.69. The molecule has 0 amide bonds. The second kappa shape index (κ2) is 4.23. The van der Waals surface area contributed by atoms with Crippen LogP contribution in [0.2, 0.25) is 0 Å². The lowest BCUT2D eigenvalue weighted by Gasteiger charge is -2.03. The van der Waals surface area contributed by atoms with Crippen LogP contribution in [-0.4, -0.2) is 17.6 Å². The molecular formula is C9H9N3O2. The Morgan fingerprint density at radius 3 is 3.07 bits per heavy atom. The predicted octanol–water partition coefficient (Wildman–Crippen LogP) is 0.712. The minimum Gasteiger partial charge on any atom is -0.462 e. The van der Waals surface area contributed by atoms with Gasteiger partial charge in [0.05, 0.1) is 17.7 Å². The lowest BCUT2D eigenvalue weighted by molar-refractivity contribution is 0.0526. The zero-order valence-electron chi connectivity index (χ0n) is 7.65. The zero-order valence-corrected chi connectivity index (χ0v) is 7.65. The highest BCUT2D eigenvalue weighted by molar-refractivity contribution is 5.92. The Kier molecular flexibility index (Phi) is 3.02. The average Bonchev–Trinajstić information content (AvgIpc) is 2.18. The number of carbonyl (C=O) groups is 1. The van der Waals surface area contributed by atoms with Gasteiger partial charge in [-0.3, -0.25) is 0 Å². The topological polar surface area (TPSA) is 89.0 Å². The van der Waals surface area contributed by atoms with E-state index in [0.717, 1.165) is 0 Å². The highest BCUT2D eigenvalue weighted by atomic mass is 16.5. The average molecular weight is 191 g/mol. The predicted molar refractivity (Wildman–Crippen MR) is 49.3 cm³/mol. The Morgan fingerprint density at radius 2 is 2.50 bits per heavy atom. The molecule has 72 valence electrons. The van der Waals surface area contributed by atoms with Crippen molar-refractivity contribution in [3.63, 3.8) is 0 Å². The number of aromatic nitrogens is 1. The first-order valence-corrected chi connectivity index (χ1v) is 4.01. The first kappa shape index (κ1) is 9.99. The van der Waals surface area contributed by atoms with Gasteiger partial charge in [-0.05, 0) is 13.0 Å². The van der Waals surface area contributed by atoms with Crippen LogP contribution in [0.5, 0.6) is 0 Å². The largest absolute Gasteiger partial charge is 0.462 e. The fraction of sp³-hybridized carbons (Fsp3) is 0.222. The Hall–Kier alpha value is -2.09. The summed E-state index contributed by atoms with van der Waals surface area (Å²) < 4.78 is 4.75. The van der Waals surface area contributed by atoms with E-state index in [2.05, 4.69) is 4.98 Å². The summed E-state index contributed by atoms with van der Waals surface area (Å²) in [6, 6.07) is 3.17. The first-order valence-electron chi connectivity index (χ1n) is 4.01. The van der Waals surface area contributed by atoms with Gasteiger partial charge in [-0.1, -0.05) is 0 Å². The van der Waals surface area contributed by atoms with Crippen LogP contribution >= 0.6 is 0 Å². The molecule has 1 rings (SSSR count). The van der Waals surface area contributed by atoms with Crippen LogP contribution in [0.4, 0.5) is 5.82 Å². The number of rotatable bonds is 2. The standard InChI is InChI=1S/C9H9N3O2/c1-2-14-9(13)7-3-8(11)12-5-6(7)4-10/h3,5H,2H2,1H3,(H2,11,12). The fourth-order valence-electron chi connectivity index (χ4n) is 0.938. The van der Waals surface area contributed by atoms with E-state index in [1.807, 2.05) is 6.07 Å². The molecule has 0 fully saturated rings. The van der Waals surface area contributed by atoms with Gasteiger partial charge in [0.1, 0.15) is 11.9 Å². The molecule has 5 heteroatoms. The molecule has 0 aliphatic rings. The highest BCUT2D eigenvalue weighted by Gasteiger charge is 2.12. The maximum atomic E-state index is 11.3. The van der Waals surface area contributed by atoms with Gasteiger partial charge in [-0.25, -0.2) is 9.78 Å². The number of nitrogen functional groups attached to an aromatic ring is 1. The number of nitrogens with zero attached hydrogens (tertiary/aromatic N) is 2. The van der Waals surface area contributed by atoms with E-state index in [1.165, 1.54) is 12.3 Å². The molecule has 0 radical (unpaired) electrons. The molecule has 0 saturated carbocycles. The number of carbonyl (C=O) groups excluding carboxylic acids is 1. The van der Waals surface area contributed by atoms with Crippen molar-refractivity contribution in [1.82, 2.24) is 4.98 Å². The van der Waals surface area contributed by atoms with Crippen molar-refractivity contribution in [2.24, 2.45) is 0 Å². The lowest BCUT2D eigenvalue weighted by Crippen LogP contribution is -2.08. The molecule has 5 nitrogen and oxygen atoms in total. The molecule has 1 aromatic rings. The molecule has 1 heterocycles. The summed E-state index contributed by atoms with van der Waals surface area (Å²) in [5.41, 5.74) is 5.71. The normalized spacial score (nSPS) is 9.14. The van der Waals surface area contributed by atoms with Gasteiger partial charge in [0.15, 0.2) is 0 Å². The summed E-state index contributed by atoms with van der Waals surface area (Å²) in [6.07, 6.45) is 1.25. The minimum absolute atomic E-state index is 0.154. The number of nitrogens with two attached hydrogens (primary N) is 1. The summed E-state index contributed by atoms with van der Waals surface area (Å²) in [5, 5.41) is 8.69. The van der Waals surface area contributed by atoms with Crippen LogP contribution in [0, 0.1) is 11.3 Å². The van der Waals surface area contributed by atoms with Crippen LogP contribution in [0.3, 0.4) is 0 Å². The second-order valence-corrected chi connectivity index (χ2v) is 2.49. The fourth-order valence-corrected chi connectivity index (χ4v) is 0.938. The molecule has 0 bridgehead atoms. The molecule has 0 spiro atoms. The monoisotopic (exact) mass is 191 g/mol. The molecule has 0 saturated heterocycles. The zero-order chi connectivity index (χ0) is 10.6. The summed E-state index contributed by atoms with van der Waals surface area (Å²) in [7, 11) is 0. The third-order valence-corrected chi connectivity index (χ3v) is 1.54. The van der Waals surface area contributed by atoms with Crippen molar-refractivity contribution < 1.29 is 9.53 Å². The van der Waals surface area contributed by atoms with Crippen molar-refractivity contribution in [2.45, 2.75) is 6.92 Å². The van der Waals surface area contributed by atoms with Crippen LogP contribution in [0.25, 0.3) is 0 Å². The molecular weight excluding hydrogens is 182 g/mol. The van der Waals surface area contributed by atoms with Crippen molar-refractivity contribution in [2.75, 3.05) is 12.3 Å². The Labute approximate surface area is 81.1 Å². The van der Waals surface area contributed by atoms with E-state index < -0.39 is 5.97 Å². The smallest absolute Gasteiger partial charge is 0.339 e. The minimum atomic E-state index is -0.557. The van der Waals surface area contributed by atoms with Crippen LogP contribution < -0.4 is 5.73 Å². The number of ether oxygens (including phenoxy) is 1. The Morgan fingerprint density at radius 1 is 1.79 bits per heavy atom. The molecule has 0 atom stereocenters. The summed E-state index contributed by atoms with van der Waals surface area (Å²) in [4.78, 5) is 15.0. The van der Waals surface area contributed by atoms with E-state index in [9.17, 15) is 4.79 Å². The van der Waals surface area contributed by atoms with Gasteiger partial charge in [0.25, 0.3) is 0 Å². The number of nitriles is 1. The molecule has 14 heavy (non-hydrogen) atoms. The van der Waals surface area contributed by atoms with Crippen LogP contribution in [-0.2, 0) is 4.74 Å². The number of hydrogen-bond donors (Lipinski definition) is 1. The van der Waals surface area contributed by atoms with Gasteiger partial charge < -0.3 is 10.5 Å². The van der Waals surface area contributed by atoms with E-state index in [1.54, 1.807) is 6.92 Å². The molecule has 0 unspecified atom stereocenters. The van der Waals surface area contributed by atoms with Gasteiger partial charge in [0, 0.05) is 6.20 Å². The second-order valence-electron chi connectivity index (χ2n) is 2.49. The molecule has 2 N–H and O–H groups in total. The van der Waals surface area contributed by atoms with Gasteiger partial charge >= 0.3 is 5.97 Å². The van der Waals surface area contributed by atoms with Crippen molar-refractivity contribution in [1.29, 1.82) is 5.26 Å². The van der Waals surface area contributed by atoms with Crippen molar-refractivity contribution >= 4 is 11.8 Å². The van der Waals surface area contributed by atoms with Crippen molar-refractivity contribution in [3.8, 4) is 6.07 Å². The summed E-state index contributed by atoms with van der Waals surface area (Å²) in [6.45, 7) is 1.94. The van der Waals surface area contributed by atoms with E-state index in [-0.39, 0.29) is 23.6 Å². The quantitative estimate of drug-likeness (QED) is 0.695. The third kappa shape index (κ3) is 1.98. The van der Waals surface area contributed by atoms with E-state index >= 15 is 0 Å². The Bertz CT molecular complexity index is 396. The molecule has 0 aliphatic heterocycles. The van der Waals surface area contributed by atoms with E-state index in [0.29, 0.717) is 0 Å².